The number of fused-ring (bicyclic) bond motifs is 3. The number of carbonyl (C=O) groups is 3. The van der Waals surface area contributed by atoms with E-state index in [2.05, 4.69) is 71.5 Å². The van der Waals surface area contributed by atoms with Crippen molar-refractivity contribution in [3.8, 4) is 17.4 Å². The quantitative estimate of drug-likeness (QED) is 0.0406. The largest absolute Gasteiger partial charge is 0.573 e. The Morgan fingerprint density at radius 3 is 1.13 bits per heavy atom. The van der Waals surface area contributed by atoms with Gasteiger partial charge in [0.15, 0.2) is 0 Å². The maximum Gasteiger partial charge on any atom is 0.573 e. The summed E-state index contributed by atoms with van der Waals surface area (Å²) in [6.45, 7) is 3.88. The van der Waals surface area contributed by atoms with E-state index in [0.717, 1.165) is 46.1 Å². The highest BCUT2D eigenvalue weighted by Crippen LogP contribution is 2.41. The molecule has 0 spiro atoms. The van der Waals surface area contributed by atoms with Crippen molar-refractivity contribution >= 4 is 186 Å². The van der Waals surface area contributed by atoms with Crippen LogP contribution in [0.2, 0.25) is 15.1 Å². The maximum absolute atomic E-state index is 13.4. The van der Waals surface area contributed by atoms with Gasteiger partial charge >= 0.3 is 6.36 Å². The lowest BCUT2D eigenvalue weighted by atomic mass is 10.2. The van der Waals surface area contributed by atoms with Gasteiger partial charge in [0.1, 0.15) is 94.5 Å². The molecule has 0 saturated carbocycles. The van der Waals surface area contributed by atoms with Gasteiger partial charge in [-0.2, -0.15) is 0 Å². The van der Waals surface area contributed by atoms with Gasteiger partial charge in [0, 0.05) is 34.5 Å². The summed E-state index contributed by atoms with van der Waals surface area (Å²) in [7, 11) is 1.50. The lowest BCUT2D eigenvalue weighted by Gasteiger charge is -2.10. The summed E-state index contributed by atoms with van der Waals surface area (Å²) in [5, 5.41) is 18.4. The molecule has 0 radical (unpaired) electrons. The zero-order chi connectivity index (χ0) is 67.8. The summed E-state index contributed by atoms with van der Waals surface area (Å²) in [6.07, 6.45) is 0.700. The number of nitrogens with two attached hydrogens (primary N) is 3. The predicted octanol–water partition coefficient (Wildman–Crippen LogP) is 16.3. The van der Waals surface area contributed by atoms with Gasteiger partial charge in [-0.25, -0.2) is 48.1 Å². The van der Waals surface area contributed by atoms with Gasteiger partial charge in [0.25, 0.3) is 17.7 Å². The molecule has 0 aliphatic heterocycles. The van der Waals surface area contributed by atoms with E-state index < -0.39 is 41.4 Å². The van der Waals surface area contributed by atoms with Crippen molar-refractivity contribution in [2.24, 2.45) is 0 Å². The second-order valence-electron chi connectivity index (χ2n) is 19.7. The third-order valence-electron chi connectivity index (χ3n) is 12.8. The highest BCUT2D eigenvalue weighted by atomic mass is 35.5. The molecule has 0 atom stereocenters. The molecular formula is C61H45Cl3F6N16O6S3. The zero-order valence-corrected chi connectivity index (χ0v) is 53.5. The molecule has 3 amide bonds. The first kappa shape index (κ1) is 67.3. The number of nitrogen functional groups attached to an aromatic ring is 3. The second-order valence-corrected chi connectivity index (χ2v) is 23.9. The van der Waals surface area contributed by atoms with Gasteiger partial charge < -0.3 is 63.3 Å². The third kappa shape index (κ3) is 16.4. The number of aromatic nitrogens is 7. The Kier molecular flexibility index (Phi) is 20.7. The van der Waals surface area contributed by atoms with Gasteiger partial charge in [0.05, 0.1) is 73.4 Å². The lowest BCUT2D eigenvalue weighted by Crippen LogP contribution is -2.17. The number of halogens is 9. The number of hydrogen-bond acceptors (Lipinski definition) is 22. The van der Waals surface area contributed by atoms with Crippen LogP contribution in [0.25, 0.3) is 30.6 Å². The number of thiophene rings is 3. The van der Waals surface area contributed by atoms with Crippen LogP contribution in [0.3, 0.4) is 0 Å². The first-order valence-corrected chi connectivity index (χ1v) is 30.8. The second kappa shape index (κ2) is 29.2. The molecule has 0 unspecified atom stereocenters. The Bertz CT molecular complexity index is 4840. The molecule has 95 heavy (non-hydrogen) atoms. The number of hydrogen-bond donors (Lipinski definition) is 9. The van der Waals surface area contributed by atoms with Gasteiger partial charge in [-0.3, -0.25) is 14.4 Å². The van der Waals surface area contributed by atoms with E-state index in [1.54, 1.807) is 36.4 Å². The van der Waals surface area contributed by atoms with Crippen LogP contribution in [0.5, 0.6) is 17.4 Å². The molecule has 0 bridgehead atoms. The highest BCUT2D eigenvalue weighted by molar-refractivity contribution is 7.22. The van der Waals surface area contributed by atoms with Crippen LogP contribution < -0.4 is 63.3 Å². The average Bonchev–Trinajstić information content (AvgIpc) is 1.66. The van der Waals surface area contributed by atoms with Crippen LogP contribution in [-0.2, 0) is 0 Å². The van der Waals surface area contributed by atoms with Gasteiger partial charge in [0.2, 0.25) is 5.88 Å². The first-order chi connectivity index (χ1) is 45.4. The van der Waals surface area contributed by atoms with Crippen LogP contribution in [0, 0.1) is 17.5 Å². The van der Waals surface area contributed by atoms with Gasteiger partial charge in [-0.1, -0.05) is 34.8 Å². The van der Waals surface area contributed by atoms with E-state index in [1.165, 1.54) is 99.0 Å². The molecule has 34 heteroatoms. The van der Waals surface area contributed by atoms with Crippen LogP contribution in [0.4, 0.5) is 95.0 Å². The molecule has 0 fully saturated rings. The summed E-state index contributed by atoms with van der Waals surface area (Å²) in [4.78, 5) is 69.7. The number of alkyl halides is 3. The summed E-state index contributed by atoms with van der Waals surface area (Å²) >= 11 is 20.8. The Morgan fingerprint density at radius 2 is 0.811 bits per heavy atom. The molecule has 12 rings (SSSR count). The highest BCUT2D eigenvalue weighted by Gasteiger charge is 2.31. The van der Waals surface area contributed by atoms with Crippen LogP contribution >= 0.6 is 68.8 Å². The van der Waals surface area contributed by atoms with Crippen molar-refractivity contribution in [3.05, 3.63) is 188 Å². The number of pyridine rings is 1. The Labute approximate surface area is 559 Å². The lowest BCUT2D eigenvalue weighted by molar-refractivity contribution is -0.274. The zero-order valence-electron chi connectivity index (χ0n) is 48.8. The molecular weight excluding hydrogens is 1370 g/mol. The molecule has 7 heterocycles. The van der Waals surface area contributed by atoms with Crippen molar-refractivity contribution in [1.82, 2.24) is 34.9 Å². The first-order valence-electron chi connectivity index (χ1n) is 27.2. The van der Waals surface area contributed by atoms with Crippen molar-refractivity contribution in [3.63, 3.8) is 0 Å². The minimum atomic E-state index is -4.82. The normalized spacial score (nSPS) is 11.1. The minimum Gasteiger partial charge on any atom is -0.491 e. The van der Waals surface area contributed by atoms with E-state index in [1.807, 2.05) is 13.8 Å². The molecule has 12 aromatic rings. The van der Waals surface area contributed by atoms with Gasteiger partial charge in [-0.15, -0.1) is 47.2 Å². The van der Waals surface area contributed by atoms with Crippen molar-refractivity contribution in [2.45, 2.75) is 26.3 Å². The number of methoxy groups -OCH3 is 1. The molecule has 5 aromatic carbocycles. The van der Waals surface area contributed by atoms with Crippen LogP contribution in [0.1, 0.15) is 42.9 Å². The Morgan fingerprint density at radius 1 is 0.474 bits per heavy atom. The molecule has 12 N–H and O–H groups in total. The molecule has 486 valence electrons. The minimum absolute atomic E-state index is 0.0246. The number of rotatable bonds is 16. The molecule has 0 aliphatic rings. The number of anilines is 12. The number of amides is 3. The molecule has 22 nitrogen and oxygen atoms in total. The number of carbonyl (C=O) groups excluding carboxylic acids is 3. The smallest absolute Gasteiger partial charge is 0.491 e. The monoisotopic (exact) mass is 1410 g/mol. The van der Waals surface area contributed by atoms with Crippen LogP contribution in [0.15, 0.2) is 140 Å². The predicted molar refractivity (Wildman–Crippen MR) is 360 cm³/mol. The van der Waals surface area contributed by atoms with E-state index in [9.17, 15) is 40.7 Å². The fourth-order valence-corrected chi connectivity index (χ4v) is 12.0. The average molecular weight is 1410 g/mol. The summed E-state index contributed by atoms with van der Waals surface area (Å²) in [6, 6.07) is 27.4. The third-order valence-corrected chi connectivity index (χ3v) is 17.0. The fourth-order valence-electron chi connectivity index (χ4n) is 8.55. The summed E-state index contributed by atoms with van der Waals surface area (Å²) in [5.74, 6) is -1.22. The number of nitrogens with one attached hydrogen (secondary N) is 6. The van der Waals surface area contributed by atoms with E-state index in [-0.39, 0.29) is 65.4 Å². The van der Waals surface area contributed by atoms with E-state index >= 15 is 0 Å². The van der Waals surface area contributed by atoms with Gasteiger partial charge in [-0.05, 0) is 123 Å². The molecule has 0 aliphatic carbocycles. The summed E-state index contributed by atoms with van der Waals surface area (Å²) in [5.41, 5.74) is 22.1. The SMILES string of the molecule is CC(C)Oc1ccc(NC(=O)c2sc3ncnc(Nc4ccc(F)c(Cl)c4)c3c2N)cc1.COc1ccc(NC(=O)c2sc3ncnc(Nc4ccc(F)c(Cl)c4)c3c2N)cn1.Nc1c(C(=O)Nc2ccc(OC(F)(F)F)cc2)sc2ncnc(Nc3ccc(F)c(Cl)c3)c12. The standard InChI is InChI=1S/C22H19ClFN5O2S.C20H12ClF4N5O2S.C19H14ClFN6O2S/c1-11(2)31-14-6-3-12(4-7-14)29-21(30)19-18(25)17-20(26-10-27-22(17)32-19)28-13-5-8-16(24)15(23)9-13;21-12-7-10(3-6-13(12)22)29-17-14-15(26)16(33-19(14)28-8-27-17)18(31)30-9-1-4-11(5-2-9)32-20(23,24)25;1-29-13-5-3-10(7-23-13)27-18(28)16-15(22)14-17(24-8-25-19(14)30-16)26-9-2-4-12(21)11(20)6-9/h3-11H,25H2,1-2H3,(H,29,30)(H,26,27,28);1-8H,26H2,(H,30,31)(H,27,28,29);2-8H,22H2,1H3,(H,27,28)(H,24,25,26). The number of benzene rings is 5. The Balaban J connectivity index is 0.000000155. The number of nitrogens with zero attached hydrogens (tertiary/aromatic N) is 7. The molecule has 7 aromatic heterocycles. The maximum atomic E-state index is 13.4. The number of ether oxygens (including phenoxy) is 3. The van der Waals surface area contributed by atoms with Crippen LogP contribution in [-0.4, -0.2) is 72.2 Å². The van der Waals surface area contributed by atoms with Crippen molar-refractivity contribution in [1.29, 1.82) is 0 Å². The Hall–Kier alpha value is -10.6. The van der Waals surface area contributed by atoms with E-state index in [4.69, 9.17) is 61.5 Å². The van der Waals surface area contributed by atoms with E-state index in [0.29, 0.717) is 87.2 Å². The van der Waals surface area contributed by atoms with Crippen molar-refractivity contribution in [2.75, 3.05) is 56.2 Å². The molecule has 0 saturated heterocycles. The summed E-state index contributed by atoms with van der Waals surface area (Å²) < 4.78 is 91.5. The topological polar surface area (TPSA) is 319 Å². The fraction of sp³-hybridized carbons (Fsp3) is 0.0820. The van der Waals surface area contributed by atoms with Crippen molar-refractivity contribution < 1.29 is 54.9 Å².